The van der Waals surface area contributed by atoms with Crippen molar-refractivity contribution in [3.63, 3.8) is 0 Å². The highest BCUT2D eigenvalue weighted by atomic mass is 15.1. The fourth-order valence-corrected chi connectivity index (χ4v) is 1.98. The van der Waals surface area contributed by atoms with Crippen molar-refractivity contribution in [3.05, 3.63) is 42.2 Å². The summed E-state index contributed by atoms with van der Waals surface area (Å²) in [6, 6.07) is 11.0. The Bertz CT molecular complexity index is 561. The zero-order valence-electron chi connectivity index (χ0n) is 12.8. The Morgan fingerprint density at radius 2 is 1.60 bits per heavy atom. The van der Waals surface area contributed by atoms with E-state index in [-0.39, 0.29) is 0 Å². The number of aromatic nitrogens is 2. The van der Waals surface area contributed by atoms with E-state index in [2.05, 4.69) is 60.2 Å². The number of hydrogen-bond donors (Lipinski definition) is 0. The maximum Gasteiger partial charge on any atom is 0.132 e. The van der Waals surface area contributed by atoms with E-state index < -0.39 is 0 Å². The van der Waals surface area contributed by atoms with Crippen LogP contribution in [-0.4, -0.2) is 43.1 Å². The second-order valence-electron chi connectivity index (χ2n) is 5.42. The molecule has 0 spiro atoms. The Morgan fingerprint density at radius 3 is 2.15 bits per heavy atom. The number of anilines is 1. The fourth-order valence-electron chi connectivity index (χ4n) is 1.98. The first-order chi connectivity index (χ1) is 9.49. The SMILES string of the molecule is C[C@H](c1ccc(-c2cc(N(C)C)ncn2)cc1)N(C)C. The van der Waals surface area contributed by atoms with Crippen LogP contribution in [-0.2, 0) is 0 Å². The van der Waals surface area contributed by atoms with Crippen LogP contribution in [0.3, 0.4) is 0 Å². The van der Waals surface area contributed by atoms with Gasteiger partial charge in [-0.2, -0.15) is 0 Å². The maximum atomic E-state index is 4.35. The van der Waals surface area contributed by atoms with E-state index in [9.17, 15) is 0 Å². The van der Waals surface area contributed by atoms with Crippen LogP contribution in [0.25, 0.3) is 11.3 Å². The highest BCUT2D eigenvalue weighted by Gasteiger charge is 2.08. The molecule has 20 heavy (non-hydrogen) atoms. The predicted molar refractivity (Wildman–Crippen MR) is 83.9 cm³/mol. The van der Waals surface area contributed by atoms with Crippen molar-refractivity contribution < 1.29 is 0 Å². The molecule has 0 fully saturated rings. The molecule has 0 aliphatic rings. The standard InChI is InChI=1S/C16H22N4/c1-12(19(2)3)13-6-8-14(9-7-13)15-10-16(20(4)5)18-11-17-15/h6-12H,1-5H3/t12-/m1/s1. The minimum Gasteiger partial charge on any atom is -0.363 e. The summed E-state index contributed by atoms with van der Waals surface area (Å²) in [7, 11) is 8.14. The molecular formula is C16H22N4. The van der Waals surface area contributed by atoms with Crippen molar-refractivity contribution in [2.45, 2.75) is 13.0 Å². The fraction of sp³-hybridized carbons (Fsp3) is 0.375. The third-order valence-corrected chi connectivity index (χ3v) is 3.57. The summed E-state index contributed by atoms with van der Waals surface area (Å²) < 4.78 is 0. The van der Waals surface area contributed by atoms with E-state index in [1.807, 2.05) is 25.1 Å². The maximum absolute atomic E-state index is 4.35. The van der Waals surface area contributed by atoms with Gasteiger partial charge >= 0.3 is 0 Å². The summed E-state index contributed by atoms with van der Waals surface area (Å²) in [4.78, 5) is 12.8. The van der Waals surface area contributed by atoms with Crippen LogP contribution in [0.5, 0.6) is 0 Å². The van der Waals surface area contributed by atoms with Gasteiger partial charge < -0.3 is 9.80 Å². The lowest BCUT2D eigenvalue weighted by atomic mass is 10.0. The number of nitrogens with zero attached hydrogens (tertiary/aromatic N) is 4. The third-order valence-electron chi connectivity index (χ3n) is 3.57. The van der Waals surface area contributed by atoms with Gasteiger partial charge in [0.15, 0.2) is 0 Å². The molecule has 0 bridgehead atoms. The monoisotopic (exact) mass is 270 g/mol. The van der Waals surface area contributed by atoms with E-state index in [0.29, 0.717) is 6.04 Å². The molecule has 0 aliphatic carbocycles. The zero-order valence-corrected chi connectivity index (χ0v) is 12.8. The van der Waals surface area contributed by atoms with Crippen LogP contribution >= 0.6 is 0 Å². The van der Waals surface area contributed by atoms with E-state index >= 15 is 0 Å². The molecule has 1 heterocycles. The smallest absolute Gasteiger partial charge is 0.132 e. The zero-order chi connectivity index (χ0) is 14.7. The molecule has 1 atom stereocenters. The normalized spacial score (nSPS) is 12.5. The van der Waals surface area contributed by atoms with Crippen molar-refractivity contribution in [2.24, 2.45) is 0 Å². The van der Waals surface area contributed by atoms with Crippen molar-refractivity contribution in [1.29, 1.82) is 0 Å². The quantitative estimate of drug-likeness (QED) is 0.855. The number of hydrogen-bond acceptors (Lipinski definition) is 4. The molecule has 0 saturated carbocycles. The Kier molecular flexibility index (Phi) is 4.35. The molecule has 0 unspecified atom stereocenters. The second-order valence-corrected chi connectivity index (χ2v) is 5.42. The Balaban J connectivity index is 2.28. The largest absolute Gasteiger partial charge is 0.363 e. The summed E-state index contributed by atoms with van der Waals surface area (Å²) in [5, 5.41) is 0. The van der Waals surface area contributed by atoms with Crippen LogP contribution in [0.15, 0.2) is 36.7 Å². The highest BCUT2D eigenvalue weighted by Crippen LogP contribution is 2.23. The molecule has 0 saturated heterocycles. The molecule has 1 aromatic carbocycles. The summed E-state index contributed by atoms with van der Waals surface area (Å²) in [6.45, 7) is 2.20. The molecular weight excluding hydrogens is 248 g/mol. The molecule has 2 rings (SSSR count). The van der Waals surface area contributed by atoms with E-state index in [4.69, 9.17) is 0 Å². The first kappa shape index (κ1) is 14.5. The Morgan fingerprint density at radius 1 is 0.950 bits per heavy atom. The van der Waals surface area contributed by atoms with Gasteiger partial charge in [-0.1, -0.05) is 24.3 Å². The van der Waals surface area contributed by atoms with E-state index in [1.54, 1.807) is 6.33 Å². The molecule has 2 aromatic rings. The second kappa shape index (κ2) is 6.01. The Hall–Kier alpha value is -1.94. The molecule has 0 amide bonds. The van der Waals surface area contributed by atoms with Crippen LogP contribution < -0.4 is 4.90 Å². The molecule has 0 aliphatic heterocycles. The van der Waals surface area contributed by atoms with Gasteiger partial charge in [0.25, 0.3) is 0 Å². The van der Waals surface area contributed by atoms with Crippen molar-refractivity contribution in [1.82, 2.24) is 14.9 Å². The summed E-state index contributed by atoms with van der Waals surface area (Å²) in [6.07, 6.45) is 1.61. The van der Waals surface area contributed by atoms with Gasteiger partial charge in [-0.15, -0.1) is 0 Å². The van der Waals surface area contributed by atoms with Crippen LogP contribution in [0.2, 0.25) is 0 Å². The summed E-state index contributed by atoms with van der Waals surface area (Å²) >= 11 is 0. The average molecular weight is 270 g/mol. The minimum absolute atomic E-state index is 0.409. The lowest BCUT2D eigenvalue weighted by molar-refractivity contribution is 0.321. The topological polar surface area (TPSA) is 32.3 Å². The molecule has 1 aromatic heterocycles. The van der Waals surface area contributed by atoms with Crippen LogP contribution in [0, 0.1) is 0 Å². The first-order valence-corrected chi connectivity index (χ1v) is 6.75. The lowest BCUT2D eigenvalue weighted by Gasteiger charge is -2.20. The van der Waals surface area contributed by atoms with Crippen molar-refractivity contribution in [3.8, 4) is 11.3 Å². The molecule has 0 radical (unpaired) electrons. The average Bonchev–Trinajstić information content (AvgIpc) is 2.46. The predicted octanol–water partition coefficient (Wildman–Crippen LogP) is 2.83. The Labute approximate surface area is 121 Å². The molecule has 106 valence electrons. The van der Waals surface area contributed by atoms with Crippen LogP contribution in [0.1, 0.15) is 18.5 Å². The molecule has 4 heteroatoms. The van der Waals surface area contributed by atoms with Gasteiger partial charge in [-0.25, -0.2) is 9.97 Å². The van der Waals surface area contributed by atoms with E-state index in [1.165, 1.54) is 5.56 Å². The van der Waals surface area contributed by atoms with Gasteiger partial charge in [-0.05, 0) is 26.6 Å². The van der Waals surface area contributed by atoms with Crippen molar-refractivity contribution in [2.75, 3.05) is 33.1 Å². The van der Waals surface area contributed by atoms with E-state index in [0.717, 1.165) is 17.1 Å². The van der Waals surface area contributed by atoms with Gasteiger partial charge in [0, 0.05) is 31.8 Å². The summed E-state index contributed by atoms with van der Waals surface area (Å²) in [5.41, 5.74) is 3.37. The van der Waals surface area contributed by atoms with Gasteiger partial charge in [0.1, 0.15) is 12.1 Å². The summed E-state index contributed by atoms with van der Waals surface area (Å²) in [5.74, 6) is 0.917. The first-order valence-electron chi connectivity index (χ1n) is 6.75. The van der Waals surface area contributed by atoms with Gasteiger partial charge in [0.05, 0.1) is 5.69 Å². The highest BCUT2D eigenvalue weighted by molar-refractivity contribution is 5.62. The van der Waals surface area contributed by atoms with Gasteiger partial charge in [-0.3, -0.25) is 0 Å². The minimum atomic E-state index is 0.409. The molecule has 0 N–H and O–H groups in total. The number of rotatable bonds is 4. The van der Waals surface area contributed by atoms with Crippen LogP contribution in [0.4, 0.5) is 5.82 Å². The lowest BCUT2D eigenvalue weighted by Crippen LogP contribution is -2.16. The van der Waals surface area contributed by atoms with Gasteiger partial charge in [0.2, 0.25) is 0 Å². The third kappa shape index (κ3) is 3.14. The van der Waals surface area contributed by atoms with Crippen molar-refractivity contribution >= 4 is 5.82 Å². The number of benzene rings is 1. The molecule has 4 nitrogen and oxygen atoms in total.